The Morgan fingerprint density at radius 1 is 1.42 bits per heavy atom. The largest absolute Gasteiger partial charge is 0.468 e. The number of carbonyl (C=O) groups is 1. The van der Waals surface area contributed by atoms with Gasteiger partial charge in [0.25, 0.3) is 6.47 Å². The van der Waals surface area contributed by atoms with Crippen molar-refractivity contribution >= 4 is 12.2 Å². The van der Waals surface area contributed by atoms with Crippen molar-refractivity contribution in [3.05, 3.63) is 36.6 Å². The van der Waals surface area contributed by atoms with Gasteiger partial charge in [-0.2, -0.15) is 0 Å². The van der Waals surface area contributed by atoms with Gasteiger partial charge in [-0.15, -0.1) is 0 Å². The van der Waals surface area contributed by atoms with E-state index in [9.17, 15) is 24.5 Å². The zero-order chi connectivity index (χ0) is 14.6. The number of ether oxygens (including phenoxy) is 1. The lowest BCUT2D eigenvalue weighted by Crippen LogP contribution is -2.40. The van der Waals surface area contributed by atoms with Crippen molar-refractivity contribution < 1.29 is 14.5 Å². The zero-order valence-electron chi connectivity index (χ0n) is 10.5. The molecule has 9 nitrogen and oxygen atoms in total. The summed E-state index contributed by atoms with van der Waals surface area (Å²) in [5.41, 5.74) is -2.21. The molecule has 0 aliphatic rings. The van der Waals surface area contributed by atoms with Crippen LogP contribution in [-0.2, 0) is 23.1 Å². The van der Waals surface area contributed by atoms with Gasteiger partial charge in [0.2, 0.25) is 0 Å². The fourth-order valence-corrected chi connectivity index (χ4v) is 1.68. The summed E-state index contributed by atoms with van der Waals surface area (Å²) >= 11 is 0. The molecule has 0 saturated carbocycles. The maximum Gasteiger partial charge on any atom is 0.353 e. The number of rotatable bonds is 6. The van der Waals surface area contributed by atoms with Crippen LogP contribution in [0.15, 0.2) is 9.59 Å². The highest BCUT2D eigenvalue weighted by molar-refractivity contribution is 5.36. The van der Waals surface area contributed by atoms with Gasteiger partial charge in [0.15, 0.2) is 0 Å². The summed E-state index contributed by atoms with van der Waals surface area (Å²) in [4.78, 5) is 43.5. The van der Waals surface area contributed by atoms with Gasteiger partial charge >= 0.3 is 16.9 Å². The van der Waals surface area contributed by atoms with Crippen molar-refractivity contribution in [3.8, 4) is 0 Å². The first-order valence-electron chi connectivity index (χ1n) is 5.41. The Kier molecular flexibility index (Phi) is 4.56. The predicted molar refractivity (Wildman–Crippen MR) is 64.0 cm³/mol. The van der Waals surface area contributed by atoms with Gasteiger partial charge in [-0.05, 0) is 13.3 Å². The minimum atomic E-state index is -0.937. The first-order valence-corrected chi connectivity index (χ1v) is 5.41. The van der Waals surface area contributed by atoms with Crippen molar-refractivity contribution in [3.63, 3.8) is 0 Å². The monoisotopic (exact) mass is 271 g/mol. The highest BCUT2D eigenvalue weighted by atomic mass is 16.6. The maximum absolute atomic E-state index is 11.8. The number of nitrogens with zero attached hydrogens (tertiary/aromatic N) is 3. The van der Waals surface area contributed by atoms with Crippen molar-refractivity contribution in [2.45, 2.75) is 19.9 Å². The molecule has 19 heavy (non-hydrogen) atoms. The van der Waals surface area contributed by atoms with Crippen LogP contribution in [0.5, 0.6) is 0 Å². The molecule has 1 aromatic heterocycles. The maximum atomic E-state index is 11.8. The first-order chi connectivity index (χ1) is 8.91. The molecular weight excluding hydrogens is 258 g/mol. The van der Waals surface area contributed by atoms with Crippen molar-refractivity contribution in [2.75, 3.05) is 6.61 Å². The molecular formula is C10H13N3O6. The average molecular weight is 271 g/mol. The molecule has 0 aromatic carbocycles. The lowest BCUT2D eigenvalue weighted by molar-refractivity contribution is -0.387. The Morgan fingerprint density at radius 3 is 2.58 bits per heavy atom. The Hall–Kier alpha value is -2.45. The van der Waals surface area contributed by atoms with E-state index in [2.05, 4.69) is 4.74 Å². The van der Waals surface area contributed by atoms with Gasteiger partial charge in [-0.25, -0.2) is 4.79 Å². The van der Waals surface area contributed by atoms with Gasteiger partial charge in [0, 0.05) is 13.6 Å². The van der Waals surface area contributed by atoms with Crippen molar-refractivity contribution in [1.29, 1.82) is 0 Å². The Morgan fingerprint density at radius 2 is 2.05 bits per heavy atom. The van der Waals surface area contributed by atoms with E-state index >= 15 is 0 Å². The highest BCUT2D eigenvalue weighted by Crippen LogP contribution is 2.09. The van der Waals surface area contributed by atoms with E-state index < -0.39 is 21.9 Å². The molecule has 0 spiro atoms. The second-order valence-corrected chi connectivity index (χ2v) is 3.81. The van der Waals surface area contributed by atoms with Crippen LogP contribution in [0, 0.1) is 17.0 Å². The number of hydrogen-bond acceptors (Lipinski definition) is 6. The summed E-state index contributed by atoms with van der Waals surface area (Å²) in [5.74, 6) is 0. The molecule has 1 aromatic rings. The van der Waals surface area contributed by atoms with Crippen LogP contribution in [0.25, 0.3) is 0 Å². The first kappa shape index (κ1) is 14.6. The predicted octanol–water partition coefficient (Wildman–Crippen LogP) is -0.673. The van der Waals surface area contributed by atoms with Gasteiger partial charge in [-0.3, -0.25) is 28.8 Å². The lowest BCUT2D eigenvalue weighted by Gasteiger charge is -2.10. The van der Waals surface area contributed by atoms with E-state index in [0.29, 0.717) is 11.0 Å². The lowest BCUT2D eigenvalue weighted by atomic mass is 10.3. The quantitative estimate of drug-likeness (QED) is 0.293. The molecule has 1 rings (SSSR count). The molecule has 104 valence electrons. The third kappa shape index (κ3) is 2.87. The minimum Gasteiger partial charge on any atom is -0.468 e. The Bertz CT molecular complexity index is 615. The molecule has 9 heteroatoms. The van der Waals surface area contributed by atoms with Crippen LogP contribution in [0.4, 0.5) is 5.69 Å². The third-order valence-corrected chi connectivity index (χ3v) is 2.67. The molecule has 0 aliphatic heterocycles. The molecule has 1 heterocycles. The van der Waals surface area contributed by atoms with Crippen LogP contribution in [0.2, 0.25) is 0 Å². The Balaban J connectivity index is 3.24. The second-order valence-electron chi connectivity index (χ2n) is 3.81. The van der Waals surface area contributed by atoms with Crippen molar-refractivity contribution in [2.24, 2.45) is 7.05 Å². The van der Waals surface area contributed by atoms with Crippen LogP contribution < -0.4 is 11.2 Å². The molecule has 0 unspecified atom stereocenters. The Labute approximate surface area is 107 Å². The summed E-state index contributed by atoms with van der Waals surface area (Å²) < 4.78 is 6.27. The van der Waals surface area contributed by atoms with Crippen LogP contribution in [0.1, 0.15) is 12.1 Å². The molecule has 0 N–H and O–H groups in total. The minimum absolute atomic E-state index is 0.01000. The summed E-state index contributed by atoms with van der Waals surface area (Å²) in [6, 6.07) is 0. The molecule has 0 bridgehead atoms. The number of carbonyl (C=O) groups excluding carboxylic acids is 1. The van der Waals surface area contributed by atoms with Crippen LogP contribution in [0.3, 0.4) is 0 Å². The summed E-state index contributed by atoms with van der Waals surface area (Å²) in [6.45, 7) is 1.82. The van der Waals surface area contributed by atoms with Gasteiger partial charge < -0.3 is 4.74 Å². The summed E-state index contributed by atoms with van der Waals surface area (Å²) in [6.07, 6.45) is 0.314. The number of nitro groups is 1. The smallest absolute Gasteiger partial charge is 0.353 e. The average Bonchev–Trinajstić information content (AvgIpc) is 2.35. The van der Waals surface area contributed by atoms with E-state index in [-0.39, 0.29) is 25.3 Å². The SMILES string of the molecule is Cc1c([N+](=O)[O-])c(=O)n(C)c(=O)n1CCCOC=O. The van der Waals surface area contributed by atoms with E-state index in [4.69, 9.17) is 0 Å². The molecule has 0 saturated heterocycles. The fraction of sp³-hybridized carbons (Fsp3) is 0.500. The topological polar surface area (TPSA) is 113 Å². The number of aromatic nitrogens is 2. The van der Waals surface area contributed by atoms with Gasteiger partial charge in [0.05, 0.1) is 11.5 Å². The van der Waals surface area contributed by atoms with Crippen LogP contribution >= 0.6 is 0 Å². The molecule has 0 radical (unpaired) electrons. The zero-order valence-corrected chi connectivity index (χ0v) is 10.5. The summed E-state index contributed by atoms with van der Waals surface area (Å²) in [7, 11) is 1.18. The van der Waals surface area contributed by atoms with E-state index in [1.807, 2.05) is 0 Å². The summed E-state index contributed by atoms with van der Waals surface area (Å²) in [5, 5.41) is 10.8. The molecule has 0 aliphatic carbocycles. The molecule has 0 fully saturated rings. The molecule has 0 atom stereocenters. The van der Waals surface area contributed by atoms with Gasteiger partial charge in [-0.1, -0.05) is 0 Å². The highest BCUT2D eigenvalue weighted by Gasteiger charge is 2.23. The standard InChI is InChI=1S/C10H13N3O6/c1-7-8(13(17)18)9(15)11(2)10(16)12(7)4-3-5-19-6-14/h6H,3-5H2,1-2H3. The van der Waals surface area contributed by atoms with E-state index in [1.165, 1.54) is 14.0 Å². The van der Waals surface area contributed by atoms with Gasteiger partial charge in [0.1, 0.15) is 5.69 Å². The fourth-order valence-electron chi connectivity index (χ4n) is 1.68. The van der Waals surface area contributed by atoms with E-state index in [1.54, 1.807) is 0 Å². The normalized spacial score (nSPS) is 10.2. The van der Waals surface area contributed by atoms with Crippen molar-refractivity contribution in [1.82, 2.24) is 9.13 Å². The second kappa shape index (κ2) is 5.94. The van der Waals surface area contributed by atoms with Crippen LogP contribution in [-0.4, -0.2) is 27.1 Å². The number of hydrogen-bond donors (Lipinski definition) is 0. The van der Waals surface area contributed by atoms with E-state index in [0.717, 1.165) is 4.57 Å². The molecule has 0 amide bonds. The third-order valence-electron chi connectivity index (χ3n) is 2.67.